The summed E-state index contributed by atoms with van der Waals surface area (Å²) in [6.45, 7) is -0.530. The summed E-state index contributed by atoms with van der Waals surface area (Å²) in [5.74, 6) is -1.30. The normalized spacial score (nSPS) is 15.2. The summed E-state index contributed by atoms with van der Waals surface area (Å²) in [6, 6.07) is 12.4. The smallest absolute Gasteiger partial charge is 0.417 e. The molecule has 4 rings (SSSR count). The molecular weight excluding hydrogens is 573 g/mol. The first-order valence-electron chi connectivity index (χ1n) is 9.79. The van der Waals surface area contributed by atoms with Crippen molar-refractivity contribution in [3.05, 3.63) is 80.3 Å². The predicted octanol–water partition coefficient (Wildman–Crippen LogP) is 7.06. The van der Waals surface area contributed by atoms with Crippen molar-refractivity contribution in [2.45, 2.75) is 6.18 Å². The summed E-state index contributed by atoms with van der Waals surface area (Å²) in [7, 11) is 0. The lowest BCUT2D eigenvalue weighted by molar-refractivity contribution is -0.137. The monoisotopic (exact) mass is 584 g/mol. The SMILES string of the molecule is O=C(CN1C(=O)S/C(=C/c2ccc(-c3ccccc3C(F)(F)F)o2)C1=O)Nc1ccc(Br)c(Cl)c1. The van der Waals surface area contributed by atoms with Crippen molar-refractivity contribution in [2.24, 2.45) is 0 Å². The van der Waals surface area contributed by atoms with Gasteiger partial charge in [-0.3, -0.25) is 19.3 Å². The van der Waals surface area contributed by atoms with Gasteiger partial charge in [0.25, 0.3) is 11.1 Å². The third-order valence-corrected chi connectivity index (χ3v) is 6.92. The Balaban J connectivity index is 1.48. The van der Waals surface area contributed by atoms with Gasteiger partial charge < -0.3 is 9.73 Å². The number of halogens is 5. The van der Waals surface area contributed by atoms with E-state index in [0.29, 0.717) is 26.9 Å². The maximum Gasteiger partial charge on any atom is 0.417 e. The van der Waals surface area contributed by atoms with Gasteiger partial charge in [-0.2, -0.15) is 13.2 Å². The quantitative estimate of drug-likeness (QED) is 0.325. The molecule has 0 bridgehead atoms. The Bertz CT molecular complexity index is 1370. The number of anilines is 1. The lowest BCUT2D eigenvalue weighted by atomic mass is 10.1. The number of benzene rings is 2. The minimum atomic E-state index is -4.58. The molecule has 3 amide bonds. The summed E-state index contributed by atoms with van der Waals surface area (Å²) in [6.07, 6.45) is -3.33. The summed E-state index contributed by atoms with van der Waals surface area (Å²) in [5.41, 5.74) is -0.635. The van der Waals surface area contributed by atoms with Crippen LogP contribution in [0.5, 0.6) is 0 Å². The van der Waals surface area contributed by atoms with Crippen molar-refractivity contribution in [1.29, 1.82) is 0 Å². The standard InChI is InChI=1S/C23H13BrClF3N2O4S/c24-16-7-5-12(9-17(16)25)29-20(31)11-30-21(32)19(35-22(30)33)10-13-6-8-18(34-13)14-3-1-2-4-15(14)23(26,27)28/h1-10H,11H2,(H,29,31)/b19-10+. The Hall–Kier alpha value is -3.02. The summed E-state index contributed by atoms with van der Waals surface area (Å²) < 4.78 is 46.0. The third kappa shape index (κ3) is 5.63. The van der Waals surface area contributed by atoms with Crippen LogP contribution in [0.1, 0.15) is 11.3 Å². The minimum absolute atomic E-state index is 0.0282. The molecule has 0 radical (unpaired) electrons. The first-order valence-corrected chi connectivity index (χ1v) is 11.8. The first kappa shape index (κ1) is 25.1. The summed E-state index contributed by atoms with van der Waals surface area (Å²) >= 11 is 9.82. The van der Waals surface area contributed by atoms with Crippen LogP contribution < -0.4 is 5.32 Å². The molecule has 3 aromatic rings. The highest BCUT2D eigenvalue weighted by atomic mass is 79.9. The molecule has 1 N–H and O–H groups in total. The van der Waals surface area contributed by atoms with E-state index in [-0.39, 0.29) is 22.0 Å². The number of amides is 3. The lowest BCUT2D eigenvalue weighted by Gasteiger charge is -2.12. The van der Waals surface area contributed by atoms with Crippen LogP contribution in [-0.2, 0) is 15.8 Å². The van der Waals surface area contributed by atoms with Gasteiger partial charge >= 0.3 is 6.18 Å². The third-order valence-electron chi connectivity index (χ3n) is 4.78. The van der Waals surface area contributed by atoms with Crippen molar-refractivity contribution in [2.75, 3.05) is 11.9 Å². The zero-order valence-electron chi connectivity index (χ0n) is 17.4. The average Bonchev–Trinajstić information content (AvgIpc) is 3.36. The molecule has 6 nitrogen and oxygen atoms in total. The van der Waals surface area contributed by atoms with Gasteiger partial charge in [0.1, 0.15) is 18.1 Å². The van der Waals surface area contributed by atoms with Crippen molar-refractivity contribution in [3.8, 4) is 11.3 Å². The molecule has 1 aliphatic rings. The van der Waals surface area contributed by atoms with Crippen LogP contribution in [0.25, 0.3) is 17.4 Å². The molecule has 1 saturated heterocycles. The van der Waals surface area contributed by atoms with Crippen molar-refractivity contribution >= 4 is 68.1 Å². The summed E-state index contributed by atoms with van der Waals surface area (Å²) in [5, 5.41) is 2.25. The fourth-order valence-corrected chi connectivity index (χ4v) is 4.45. The molecular formula is C23H13BrClF3N2O4S. The number of alkyl halides is 3. The zero-order chi connectivity index (χ0) is 25.3. The number of thioether (sulfide) groups is 1. The predicted molar refractivity (Wildman–Crippen MR) is 130 cm³/mol. The maximum absolute atomic E-state index is 13.3. The Kier molecular flexibility index (Phi) is 7.11. The molecule has 0 unspecified atom stereocenters. The van der Waals surface area contributed by atoms with Crippen LogP contribution in [0.2, 0.25) is 5.02 Å². The first-order chi connectivity index (χ1) is 16.5. The fraction of sp³-hybridized carbons (Fsp3) is 0.0870. The Morgan fingerprint density at radius 2 is 1.89 bits per heavy atom. The zero-order valence-corrected chi connectivity index (χ0v) is 20.5. The van der Waals surface area contributed by atoms with Gasteiger partial charge in [0.2, 0.25) is 5.91 Å². The second-order valence-electron chi connectivity index (χ2n) is 7.19. The number of furan rings is 1. The number of rotatable bonds is 5. The summed E-state index contributed by atoms with van der Waals surface area (Å²) in [4.78, 5) is 38.1. The molecule has 0 saturated carbocycles. The van der Waals surface area contributed by atoms with Gasteiger partial charge in [-0.25, -0.2) is 0 Å². The molecule has 0 atom stereocenters. The Morgan fingerprint density at radius 1 is 1.14 bits per heavy atom. The fourth-order valence-electron chi connectivity index (χ4n) is 3.20. The number of carbonyl (C=O) groups is 3. The highest BCUT2D eigenvalue weighted by molar-refractivity contribution is 9.10. The Labute approximate surface area is 214 Å². The second kappa shape index (κ2) is 9.92. The average molecular weight is 586 g/mol. The molecule has 35 heavy (non-hydrogen) atoms. The van der Waals surface area contributed by atoms with Crippen LogP contribution in [0.4, 0.5) is 23.7 Å². The Morgan fingerprint density at radius 3 is 2.60 bits per heavy atom. The maximum atomic E-state index is 13.3. The van der Waals surface area contributed by atoms with Crippen LogP contribution >= 0.6 is 39.3 Å². The van der Waals surface area contributed by atoms with Crippen LogP contribution in [0, 0.1) is 0 Å². The van der Waals surface area contributed by atoms with Crippen molar-refractivity contribution in [1.82, 2.24) is 4.90 Å². The van der Waals surface area contributed by atoms with Gasteiger partial charge in [-0.1, -0.05) is 29.8 Å². The minimum Gasteiger partial charge on any atom is -0.457 e. The number of nitrogens with one attached hydrogen (secondary N) is 1. The van der Waals surface area contributed by atoms with E-state index < -0.39 is 35.3 Å². The number of carbonyl (C=O) groups excluding carboxylic acids is 3. The number of imide groups is 1. The molecule has 1 aromatic heterocycles. The van der Waals surface area contributed by atoms with Crippen molar-refractivity contribution < 1.29 is 32.0 Å². The lowest BCUT2D eigenvalue weighted by Crippen LogP contribution is -2.36. The van der Waals surface area contributed by atoms with E-state index in [1.165, 1.54) is 42.5 Å². The topological polar surface area (TPSA) is 79.6 Å². The van der Waals surface area contributed by atoms with E-state index in [2.05, 4.69) is 21.2 Å². The van der Waals surface area contributed by atoms with E-state index in [9.17, 15) is 27.6 Å². The highest BCUT2D eigenvalue weighted by Crippen LogP contribution is 2.38. The van der Waals surface area contributed by atoms with E-state index in [1.807, 2.05) is 0 Å². The number of hydrogen-bond donors (Lipinski definition) is 1. The van der Waals surface area contributed by atoms with Gasteiger partial charge in [-0.15, -0.1) is 0 Å². The molecule has 12 heteroatoms. The van der Waals surface area contributed by atoms with E-state index >= 15 is 0 Å². The highest BCUT2D eigenvalue weighted by Gasteiger charge is 2.37. The van der Waals surface area contributed by atoms with Crippen LogP contribution in [-0.4, -0.2) is 28.5 Å². The van der Waals surface area contributed by atoms with E-state index in [1.54, 1.807) is 12.1 Å². The van der Waals surface area contributed by atoms with Gasteiger partial charge in [0.15, 0.2) is 0 Å². The molecule has 0 aliphatic carbocycles. The second-order valence-corrected chi connectivity index (χ2v) is 9.45. The number of hydrogen-bond acceptors (Lipinski definition) is 5. The molecule has 2 aromatic carbocycles. The van der Waals surface area contributed by atoms with E-state index in [0.717, 1.165) is 11.0 Å². The van der Waals surface area contributed by atoms with E-state index in [4.69, 9.17) is 16.0 Å². The van der Waals surface area contributed by atoms with Gasteiger partial charge in [-0.05, 0) is 64.1 Å². The van der Waals surface area contributed by atoms with Gasteiger partial charge in [0.05, 0.1) is 15.5 Å². The number of nitrogens with zero attached hydrogens (tertiary/aromatic N) is 1. The van der Waals surface area contributed by atoms with Crippen LogP contribution in [0.3, 0.4) is 0 Å². The van der Waals surface area contributed by atoms with Crippen LogP contribution in [0.15, 0.2) is 68.4 Å². The largest absolute Gasteiger partial charge is 0.457 e. The molecule has 180 valence electrons. The molecule has 2 heterocycles. The molecule has 1 fully saturated rings. The van der Waals surface area contributed by atoms with Gasteiger partial charge in [0, 0.05) is 21.8 Å². The van der Waals surface area contributed by atoms with Crippen molar-refractivity contribution in [3.63, 3.8) is 0 Å². The molecule has 1 aliphatic heterocycles. The molecule has 0 spiro atoms.